The lowest BCUT2D eigenvalue weighted by molar-refractivity contribution is -0.303. The molecule has 1 rings (SSSR count). The zero-order valence-electron chi connectivity index (χ0n) is 34.1. The molecule has 2 unspecified atom stereocenters. The molecule has 54 heavy (non-hydrogen) atoms. The van der Waals surface area contributed by atoms with Crippen LogP contribution in [0.25, 0.3) is 0 Å². The van der Waals surface area contributed by atoms with Gasteiger partial charge in [0, 0.05) is 19.4 Å². The van der Waals surface area contributed by atoms with Gasteiger partial charge in [-0.1, -0.05) is 149 Å². The summed E-state index contributed by atoms with van der Waals surface area (Å²) in [6, 6.07) is -1.01. The minimum Gasteiger partial charge on any atom is -0.394 e. The standard InChI is InChI=1S/C42H82N2O10/c1-3-5-7-8-9-10-11-12-14-17-20-24-27-34(46)38(49)33(32-53-42-41(52)40(51)39(50)35(31-45)54-42)44-37(48)29-25-21-18-15-13-16-19-22-26-30-43-36(47)28-23-6-4-2/h33-35,38-42,45-46,49-52H,3-32H2,1-2H3,(H,43,47)(H,44,48)/t33-,34+,35?,38-,39-,40-,41?,42-/m0/s1. The van der Waals surface area contributed by atoms with E-state index in [1.165, 1.54) is 51.4 Å². The Hall–Kier alpha value is -1.38. The van der Waals surface area contributed by atoms with E-state index in [1.54, 1.807) is 0 Å². The molecular formula is C42H82N2O10. The minimum atomic E-state index is -1.62. The third-order valence-corrected chi connectivity index (χ3v) is 10.7. The van der Waals surface area contributed by atoms with Gasteiger partial charge in [-0.25, -0.2) is 0 Å². The maximum absolute atomic E-state index is 13.0. The van der Waals surface area contributed by atoms with Crippen LogP contribution >= 0.6 is 0 Å². The molecule has 0 aromatic carbocycles. The number of aliphatic hydroxyl groups is 6. The predicted molar refractivity (Wildman–Crippen MR) is 213 cm³/mol. The third kappa shape index (κ3) is 24.3. The van der Waals surface area contributed by atoms with Gasteiger partial charge >= 0.3 is 0 Å². The number of aliphatic hydroxyl groups excluding tert-OH is 6. The van der Waals surface area contributed by atoms with Crippen LogP contribution in [0.3, 0.4) is 0 Å². The minimum absolute atomic E-state index is 0.160. The maximum atomic E-state index is 13.0. The lowest BCUT2D eigenvalue weighted by Gasteiger charge is -2.40. The van der Waals surface area contributed by atoms with E-state index in [1.807, 2.05) is 0 Å². The van der Waals surface area contributed by atoms with Gasteiger partial charge in [0.25, 0.3) is 0 Å². The van der Waals surface area contributed by atoms with Gasteiger partial charge in [-0.05, 0) is 25.7 Å². The van der Waals surface area contributed by atoms with Crippen molar-refractivity contribution in [2.24, 2.45) is 0 Å². The van der Waals surface area contributed by atoms with E-state index in [2.05, 4.69) is 24.5 Å². The van der Waals surface area contributed by atoms with E-state index in [0.29, 0.717) is 19.3 Å². The van der Waals surface area contributed by atoms with Crippen LogP contribution < -0.4 is 10.6 Å². The average Bonchev–Trinajstić information content (AvgIpc) is 3.16. The summed E-state index contributed by atoms with van der Waals surface area (Å²) >= 11 is 0. The highest BCUT2D eigenvalue weighted by Crippen LogP contribution is 2.23. The van der Waals surface area contributed by atoms with Crippen molar-refractivity contribution in [1.82, 2.24) is 10.6 Å². The summed E-state index contributed by atoms with van der Waals surface area (Å²) in [7, 11) is 0. The van der Waals surface area contributed by atoms with Gasteiger partial charge in [-0.15, -0.1) is 0 Å². The molecule has 12 nitrogen and oxygen atoms in total. The van der Waals surface area contributed by atoms with Crippen LogP contribution in [0.2, 0.25) is 0 Å². The Kier molecular flexibility index (Phi) is 31.6. The monoisotopic (exact) mass is 775 g/mol. The number of amides is 2. The van der Waals surface area contributed by atoms with Gasteiger partial charge in [0.2, 0.25) is 11.8 Å². The first kappa shape index (κ1) is 50.6. The van der Waals surface area contributed by atoms with Crippen molar-refractivity contribution in [2.75, 3.05) is 19.8 Å². The number of unbranched alkanes of at least 4 members (excludes halogenated alkanes) is 21. The predicted octanol–water partition coefficient (Wildman–Crippen LogP) is 5.70. The summed E-state index contributed by atoms with van der Waals surface area (Å²) < 4.78 is 11.1. The molecule has 2 amide bonds. The van der Waals surface area contributed by atoms with Crippen LogP contribution in [0.4, 0.5) is 0 Å². The SMILES string of the molecule is CCCCCCCCCCCCCC[C@@H](O)[C@@H](O)[C@H](CO[C@H]1OC(CO)[C@H](O)[C@H](O)C1O)NC(=O)CCCCCCCCCCCNC(=O)CCCCC. The van der Waals surface area contributed by atoms with Crippen molar-refractivity contribution >= 4 is 11.8 Å². The van der Waals surface area contributed by atoms with Crippen LogP contribution in [0.1, 0.15) is 187 Å². The third-order valence-electron chi connectivity index (χ3n) is 10.7. The molecule has 1 aliphatic rings. The molecule has 0 aliphatic carbocycles. The molecule has 0 aromatic rings. The smallest absolute Gasteiger partial charge is 0.220 e. The fourth-order valence-corrected chi connectivity index (χ4v) is 7.04. The lowest BCUT2D eigenvalue weighted by Crippen LogP contribution is -2.60. The van der Waals surface area contributed by atoms with E-state index >= 15 is 0 Å². The van der Waals surface area contributed by atoms with Crippen LogP contribution in [-0.2, 0) is 19.1 Å². The van der Waals surface area contributed by atoms with Gasteiger partial charge < -0.3 is 50.7 Å². The van der Waals surface area contributed by atoms with Gasteiger partial charge in [-0.3, -0.25) is 9.59 Å². The van der Waals surface area contributed by atoms with Gasteiger partial charge in [0.05, 0.1) is 25.4 Å². The molecule has 8 N–H and O–H groups in total. The Morgan fingerprint density at radius 1 is 0.611 bits per heavy atom. The Morgan fingerprint density at radius 2 is 1.07 bits per heavy atom. The van der Waals surface area contributed by atoms with Crippen LogP contribution in [0, 0.1) is 0 Å². The number of hydrogen-bond donors (Lipinski definition) is 8. The van der Waals surface area contributed by atoms with Crippen molar-refractivity contribution in [3.05, 3.63) is 0 Å². The Bertz CT molecular complexity index is 897. The second kappa shape index (κ2) is 33.7. The van der Waals surface area contributed by atoms with Crippen molar-refractivity contribution in [1.29, 1.82) is 0 Å². The molecule has 1 saturated heterocycles. The summed E-state index contributed by atoms with van der Waals surface area (Å²) in [4.78, 5) is 24.7. The summed E-state index contributed by atoms with van der Waals surface area (Å²) in [6.07, 6.45) is 18.1. The first-order valence-electron chi connectivity index (χ1n) is 22.0. The van der Waals surface area contributed by atoms with Gasteiger partial charge in [-0.2, -0.15) is 0 Å². The molecule has 12 heteroatoms. The molecule has 0 aromatic heterocycles. The highest BCUT2D eigenvalue weighted by atomic mass is 16.7. The second-order valence-electron chi connectivity index (χ2n) is 15.7. The fourth-order valence-electron chi connectivity index (χ4n) is 7.04. The topological polar surface area (TPSA) is 198 Å². The highest BCUT2D eigenvalue weighted by Gasteiger charge is 2.44. The van der Waals surface area contributed by atoms with Crippen molar-refractivity contribution in [3.8, 4) is 0 Å². The van der Waals surface area contributed by atoms with Gasteiger partial charge in [0.1, 0.15) is 30.5 Å². The van der Waals surface area contributed by atoms with Crippen LogP contribution in [0.5, 0.6) is 0 Å². The number of nitrogens with one attached hydrogen (secondary N) is 2. The summed E-state index contributed by atoms with van der Waals surface area (Å²) in [5, 5.41) is 68.0. The number of rotatable bonds is 36. The number of ether oxygens (including phenoxy) is 2. The molecule has 1 fully saturated rings. The summed E-state index contributed by atoms with van der Waals surface area (Å²) in [6.45, 7) is 4.19. The number of carbonyl (C=O) groups is 2. The summed E-state index contributed by atoms with van der Waals surface area (Å²) in [5.41, 5.74) is 0. The highest BCUT2D eigenvalue weighted by molar-refractivity contribution is 5.76. The average molecular weight is 775 g/mol. The summed E-state index contributed by atoms with van der Waals surface area (Å²) in [5.74, 6) is -0.126. The van der Waals surface area contributed by atoms with Crippen LogP contribution in [0.15, 0.2) is 0 Å². The molecule has 0 bridgehead atoms. The molecule has 0 radical (unpaired) electrons. The number of carbonyl (C=O) groups excluding carboxylic acids is 2. The molecule has 0 spiro atoms. The normalized spacial score (nSPS) is 21.8. The first-order chi connectivity index (χ1) is 26.2. The largest absolute Gasteiger partial charge is 0.394 e. The van der Waals surface area contributed by atoms with Crippen molar-refractivity contribution < 1.29 is 49.7 Å². The molecule has 0 saturated carbocycles. The second-order valence-corrected chi connectivity index (χ2v) is 15.7. The Labute approximate surface area is 327 Å². The van der Waals surface area contributed by atoms with E-state index in [0.717, 1.165) is 103 Å². The quantitative estimate of drug-likeness (QED) is 0.0366. The zero-order valence-corrected chi connectivity index (χ0v) is 34.1. The Morgan fingerprint density at radius 3 is 1.63 bits per heavy atom. The molecule has 1 heterocycles. The van der Waals surface area contributed by atoms with Gasteiger partial charge in [0.15, 0.2) is 6.29 Å². The van der Waals surface area contributed by atoms with E-state index in [4.69, 9.17) is 9.47 Å². The number of hydrogen-bond acceptors (Lipinski definition) is 10. The Balaban J connectivity index is 2.41. The molecule has 8 atom stereocenters. The maximum Gasteiger partial charge on any atom is 0.220 e. The van der Waals surface area contributed by atoms with Crippen LogP contribution in [-0.4, -0.2) is 111 Å². The van der Waals surface area contributed by atoms with Crippen molar-refractivity contribution in [3.63, 3.8) is 0 Å². The lowest BCUT2D eigenvalue weighted by atomic mass is 9.98. The molecule has 1 aliphatic heterocycles. The first-order valence-corrected chi connectivity index (χ1v) is 22.0. The van der Waals surface area contributed by atoms with E-state index in [9.17, 15) is 40.2 Å². The van der Waals surface area contributed by atoms with E-state index < -0.39 is 55.6 Å². The zero-order chi connectivity index (χ0) is 39.8. The molecular weight excluding hydrogens is 692 g/mol. The molecule has 320 valence electrons. The van der Waals surface area contributed by atoms with Crippen molar-refractivity contribution in [2.45, 2.75) is 236 Å². The van der Waals surface area contributed by atoms with E-state index in [-0.39, 0.29) is 24.8 Å². The fraction of sp³-hybridized carbons (Fsp3) is 0.952.